The van der Waals surface area contributed by atoms with E-state index < -0.39 is 0 Å². The van der Waals surface area contributed by atoms with E-state index in [1.807, 2.05) is 12.3 Å². The number of rotatable bonds is 8. The van der Waals surface area contributed by atoms with Gasteiger partial charge in [-0.3, -0.25) is 9.69 Å². The minimum atomic E-state index is 0.0322. The first-order valence-electron chi connectivity index (χ1n) is 6.53. The van der Waals surface area contributed by atoms with E-state index in [1.165, 1.54) is 11.3 Å². The quantitative estimate of drug-likeness (QED) is 0.794. The molecule has 1 amide bonds. The third kappa shape index (κ3) is 5.26. The molecule has 5 nitrogen and oxygen atoms in total. The Bertz CT molecular complexity index is 395. The van der Waals surface area contributed by atoms with Crippen LogP contribution in [-0.2, 0) is 16.1 Å². The van der Waals surface area contributed by atoms with Crippen LogP contribution >= 0.6 is 11.3 Å². The van der Waals surface area contributed by atoms with Crippen LogP contribution in [0.4, 0.5) is 5.13 Å². The molecule has 0 aliphatic carbocycles. The van der Waals surface area contributed by atoms with Crippen LogP contribution in [0.2, 0.25) is 0 Å². The van der Waals surface area contributed by atoms with E-state index in [-0.39, 0.29) is 5.91 Å². The Hall–Kier alpha value is -0.980. The smallest absolute Gasteiger partial charge is 0.225 e. The van der Waals surface area contributed by atoms with E-state index in [0.717, 1.165) is 30.4 Å². The highest BCUT2D eigenvalue weighted by molar-refractivity contribution is 7.14. The SMILES string of the molecule is CCN(C(C)=O)c1nc(CNC(C)CCOC)cs1. The summed E-state index contributed by atoms with van der Waals surface area (Å²) in [4.78, 5) is 17.6. The van der Waals surface area contributed by atoms with Crippen LogP contribution in [0.3, 0.4) is 0 Å². The van der Waals surface area contributed by atoms with Crippen molar-refractivity contribution in [2.75, 3.05) is 25.2 Å². The van der Waals surface area contributed by atoms with Crippen LogP contribution in [-0.4, -0.2) is 37.2 Å². The normalized spacial score (nSPS) is 12.4. The second kappa shape index (κ2) is 8.24. The lowest BCUT2D eigenvalue weighted by molar-refractivity contribution is -0.116. The zero-order chi connectivity index (χ0) is 14.3. The number of nitrogens with zero attached hydrogens (tertiary/aromatic N) is 2. The Labute approximate surface area is 119 Å². The van der Waals surface area contributed by atoms with Crippen molar-refractivity contribution in [1.82, 2.24) is 10.3 Å². The number of methoxy groups -OCH3 is 1. The summed E-state index contributed by atoms with van der Waals surface area (Å²) in [7, 11) is 1.71. The van der Waals surface area contributed by atoms with Crippen LogP contribution in [0.5, 0.6) is 0 Å². The van der Waals surface area contributed by atoms with Crippen molar-refractivity contribution in [2.24, 2.45) is 0 Å². The number of hydrogen-bond acceptors (Lipinski definition) is 5. The summed E-state index contributed by atoms with van der Waals surface area (Å²) >= 11 is 1.51. The van der Waals surface area contributed by atoms with E-state index in [2.05, 4.69) is 17.2 Å². The number of aromatic nitrogens is 1. The molecular weight excluding hydrogens is 262 g/mol. The van der Waals surface area contributed by atoms with Crippen LogP contribution in [0.1, 0.15) is 32.9 Å². The third-order valence-corrected chi connectivity index (χ3v) is 3.77. The lowest BCUT2D eigenvalue weighted by atomic mass is 10.2. The molecule has 6 heteroatoms. The molecule has 1 rings (SSSR count). The van der Waals surface area contributed by atoms with Crippen molar-refractivity contribution in [3.8, 4) is 0 Å². The molecule has 0 saturated carbocycles. The van der Waals surface area contributed by atoms with E-state index in [9.17, 15) is 4.79 Å². The average Bonchev–Trinajstić information content (AvgIpc) is 2.83. The molecule has 1 aromatic heterocycles. The zero-order valence-corrected chi connectivity index (χ0v) is 12.9. The Morgan fingerprint density at radius 1 is 1.63 bits per heavy atom. The van der Waals surface area contributed by atoms with Gasteiger partial charge in [-0.25, -0.2) is 4.98 Å². The summed E-state index contributed by atoms with van der Waals surface area (Å²) in [6.45, 7) is 7.77. The molecule has 0 aromatic carbocycles. The predicted molar refractivity (Wildman–Crippen MR) is 78.6 cm³/mol. The van der Waals surface area contributed by atoms with Gasteiger partial charge >= 0.3 is 0 Å². The Morgan fingerprint density at radius 3 is 2.95 bits per heavy atom. The first-order chi connectivity index (χ1) is 9.08. The maximum absolute atomic E-state index is 11.4. The van der Waals surface area contributed by atoms with Gasteiger partial charge in [0.15, 0.2) is 5.13 Å². The van der Waals surface area contributed by atoms with Crippen molar-refractivity contribution in [3.63, 3.8) is 0 Å². The molecule has 0 fully saturated rings. The van der Waals surface area contributed by atoms with Gasteiger partial charge in [-0.15, -0.1) is 11.3 Å². The topological polar surface area (TPSA) is 54.5 Å². The predicted octanol–water partition coefficient (Wildman–Crippen LogP) is 2.03. The number of amides is 1. The molecule has 0 saturated heterocycles. The van der Waals surface area contributed by atoms with Crippen LogP contribution in [0.25, 0.3) is 0 Å². The summed E-state index contributed by atoms with van der Waals surface area (Å²) in [5.41, 5.74) is 0.976. The van der Waals surface area contributed by atoms with Gasteiger partial charge in [-0.05, 0) is 20.3 Å². The van der Waals surface area contributed by atoms with Gasteiger partial charge in [-0.2, -0.15) is 0 Å². The molecule has 0 bridgehead atoms. The van der Waals surface area contributed by atoms with Crippen LogP contribution in [0.15, 0.2) is 5.38 Å². The summed E-state index contributed by atoms with van der Waals surface area (Å²) in [6, 6.07) is 0.389. The molecule has 1 N–H and O–H groups in total. The Balaban J connectivity index is 2.48. The molecule has 19 heavy (non-hydrogen) atoms. The molecule has 1 heterocycles. The standard InChI is InChI=1S/C13H23N3O2S/c1-5-16(11(3)17)13-15-12(9-19-13)8-14-10(2)6-7-18-4/h9-10,14H,5-8H2,1-4H3. The molecular formula is C13H23N3O2S. The molecule has 0 aliphatic heterocycles. The maximum atomic E-state index is 11.4. The first kappa shape index (κ1) is 16.1. The van der Waals surface area contributed by atoms with Gasteiger partial charge in [0.25, 0.3) is 0 Å². The number of hydrogen-bond donors (Lipinski definition) is 1. The number of thiazole rings is 1. The summed E-state index contributed by atoms with van der Waals surface area (Å²) < 4.78 is 5.04. The summed E-state index contributed by atoms with van der Waals surface area (Å²) in [5.74, 6) is 0.0322. The average molecular weight is 285 g/mol. The lowest BCUT2D eigenvalue weighted by Crippen LogP contribution is -2.28. The molecule has 108 valence electrons. The molecule has 0 aliphatic rings. The van der Waals surface area contributed by atoms with Crippen molar-refractivity contribution >= 4 is 22.4 Å². The highest BCUT2D eigenvalue weighted by atomic mass is 32.1. The number of carbonyl (C=O) groups is 1. The van der Waals surface area contributed by atoms with Crippen molar-refractivity contribution in [2.45, 2.75) is 39.8 Å². The highest BCUT2D eigenvalue weighted by Crippen LogP contribution is 2.20. The van der Waals surface area contributed by atoms with Crippen molar-refractivity contribution < 1.29 is 9.53 Å². The van der Waals surface area contributed by atoms with Gasteiger partial charge in [-0.1, -0.05) is 0 Å². The van der Waals surface area contributed by atoms with E-state index in [4.69, 9.17) is 4.74 Å². The fourth-order valence-electron chi connectivity index (χ4n) is 1.67. The number of carbonyl (C=O) groups excluding carboxylic acids is 1. The minimum Gasteiger partial charge on any atom is -0.385 e. The Kier molecular flexibility index (Phi) is 6.97. The second-order valence-electron chi connectivity index (χ2n) is 4.45. The number of ether oxygens (including phenoxy) is 1. The van der Waals surface area contributed by atoms with Crippen LogP contribution < -0.4 is 10.2 Å². The molecule has 0 spiro atoms. The summed E-state index contributed by atoms with van der Waals surface area (Å²) in [6.07, 6.45) is 0.974. The zero-order valence-electron chi connectivity index (χ0n) is 12.1. The van der Waals surface area contributed by atoms with E-state index in [0.29, 0.717) is 12.6 Å². The molecule has 0 radical (unpaired) electrons. The van der Waals surface area contributed by atoms with E-state index >= 15 is 0 Å². The number of anilines is 1. The largest absolute Gasteiger partial charge is 0.385 e. The highest BCUT2D eigenvalue weighted by Gasteiger charge is 2.13. The van der Waals surface area contributed by atoms with Gasteiger partial charge < -0.3 is 10.1 Å². The Morgan fingerprint density at radius 2 is 2.37 bits per heavy atom. The lowest BCUT2D eigenvalue weighted by Gasteiger charge is -2.15. The fraction of sp³-hybridized carbons (Fsp3) is 0.692. The molecule has 1 atom stereocenters. The van der Waals surface area contributed by atoms with Gasteiger partial charge in [0.05, 0.1) is 5.69 Å². The third-order valence-electron chi connectivity index (χ3n) is 2.85. The fourth-order valence-corrected chi connectivity index (χ4v) is 2.60. The van der Waals surface area contributed by atoms with Crippen molar-refractivity contribution in [3.05, 3.63) is 11.1 Å². The van der Waals surface area contributed by atoms with Gasteiger partial charge in [0.2, 0.25) is 5.91 Å². The van der Waals surface area contributed by atoms with Crippen molar-refractivity contribution in [1.29, 1.82) is 0 Å². The van der Waals surface area contributed by atoms with Crippen LogP contribution in [0, 0.1) is 0 Å². The molecule has 1 unspecified atom stereocenters. The van der Waals surface area contributed by atoms with Gasteiger partial charge in [0.1, 0.15) is 0 Å². The molecule has 1 aromatic rings. The minimum absolute atomic E-state index is 0.0322. The monoisotopic (exact) mass is 285 g/mol. The van der Waals surface area contributed by atoms with Gasteiger partial charge in [0, 0.05) is 45.2 Å². The first-order valence-corrected chi connectivity index (χ1v) is 7.41. The number of nitrogens with one attached hydrogen (secondary N) is 1. The summed E-state index contributed by atoms with van der Waals surface area (Å²) in [5, 5.41) is 6.17. The van der Waals surface area contributed by atoms with E-state index in [1.54, 1.807) is 18.9 Å². The second-order valence-corrected chi connectivity index (χ2v) is 5.28. The maximum Gasteiger partial charge on any atom is 0.225 e.